The van der Waals surface area contributed by atoms with E-state index >= 15 is 0 Å². The highest BCUT2D eigenvalue weighted by molar-refractivity contribution is 7.85. The van der Waals surface area contributed by atoms with Crippen molar-refractivity contribution in [2.24, 2.45) is 0 Å². The van der Waals surface area contributed by atoms with Gasteiger partial charge >= 0.3 is 0 Å². The number of nitrogen functional groups attached to an aromatic ring is 1. The minimum absolute atomic E-state index is 0.171. The average Bonchev–Trinajstić information content (AvgIpc) is 2.40. The number of para-hydroxylation sites is 1. The first-order valence-corrected chi connectivity index (χ1v) is 6.92. The maximum atomic E-state index is 12.0. The summed E-state index contributed by atoms with van der Waals surface area (Å²) in [5.41, 5.74) is 6.65. The molecule has 1 atom stereocenters. The van der Waals surface area contributed by atoms with Crippen LogP contribution in [0.5, 0.6) is 0 Å². The van der Waals surface area contributed by atoms with Gasteiger partial charge in [0, 0.05) is 11.9 Å². The number of hydrogen-bond acceptors (Lipinski definition) is 4. The molecule has 0 radical (unpaired) electrons. The topological polar surface area (TPSA) is 85.1 Å². The fourth-order valence-corrected chi connectivity index (χ4v) is 2.46. The van der Waals surface area contributed by atoms with E-state index in [0.717, 1.165) is 0 Å². The Kier molecular flexibility index (Phi) is 4.25. The van der Waals surface area contributed by atoms with E-state index in [2.05, 4.69) is 10.3 Å². The molecule has 1 unspecified atom stereocenters. The Morgan fingerprint density at radius 1 is 1.21 bits per heavy atom. The zero-order chi connectivity index (χ0) is 13.7. The molecule has 1 aromatic heterocycles. The molecule has 2 aromatic rings. The van der Waals surface area contributed by atoms with Crippen molar-refractivity contribution in [3.05, 3.63) is 48.7 Å². The molecule has 1 aromatic carbocycles. The molecule has 3 N–H and O–H groups in total. The van der Waals surface area contributed by atoms with Crippen LogP contribution < -0.4 is 11.1 Å². The normalized spacial score (nSPS) is 11.8. The van der Waals surface area contributed by atoms with Gasteiger partial charge in [-0.1, -0.05) is 18.2 Å². The molecule has 0 saturated carbocycles. The van der Waals surface area contributed by atoms with Crippen LogP contribution in [0.2, 0.25) is 0 Å². The van der Waals surface area contributed by atoms with E-state index in [1.54, 1.807) is 24.3 Å². The standard InChI is InChI=1S/C13H13N3O2S/c14-11-7-4-8-15-13(11)19(18)9-12(17)16-10-5-2-1-3-6-10/h1-8H,9,14H2,(H,16,17). The number of nitrogens with zero attached hydrogens (tertiary/aromatic N) is 1. The molecule has 2 rings (SSSR count). The number of aromatic nitrogens is 1. The predicted molar refractivity (Wildman–Crippen MR) is 75.0 cm³/mol. The fourth-order valence-electron chi connectivity index (χ4n) is 1.50. The number of nitrogens with two attached hydrogens (primary N) is 1. The van der Waals surface area contributed by atoms with Crippen molar-refractivity contribution in [2.75, 3.05) is 16.8 Å². The Balaban J connectivity index is 2.00. The first-order chi connectivity index (χ1) is 9.16. The lowest BCUT2D eigenvalue weighted by molar-refractivity contribution is -0.113. The Hall–Kier alpha value is -2.21. The van der Waals surface area contributed by atoms with E-state index in [9.17, 15) is 9.00 Å². The number of anilines is 2. The molecule has 0 fully saturated rings. The number of pyridine rings is 1. The highest BCUT2D eigenvalue weighted by Crippen LogP contribution is 2.12. The molecular formula is C13H13N3O2S. The summed E-state index contributed by atoms with van der Waals surface area (Å²) in [4.78, 5) is 15.7. The molecule has 0 aliphatic heterocycles. The van der Waals surface area contributed by atoms with Crippen LogP contribution in [-0.4, -0.2) is 20.9 Å². The second-order valence-electron chi connectivity index (χ2n) is 3.80. The summed E-state index contributed by atoms with van der Waals surface area (Å²) in [6, 6.07) is 12.2. The van der Waals surface area contributed by atoms with Gasteiger partial charge in [-0.05, 0) is 24.3 Å². The SMILES string of the molecule is Nc1cccnc1S(=O)CC(=O)Nc1ccccc1. The number of rotatable bonds is 4. The highest BCUT2D eigenvalue weighted by Gasteiger charge is 2.13. The quantitative estimate of drug-likeness (QED) is 0.883. The van der Waals surface area contributed by atoms with Crippen molar-refractivity contribution in [1.29, 1.82) is 0 Å². The maximum absolute atomic E-state index is 12.0. The first kappa shape index (κ1) is 13.2. The smallest absolute Gasteiger partial charge is 0.237 e. The van der Waals surface area contributed by atoms with Crippen molar-refractivity contribution in [3.8, 4) is 0 Å². The van der Waals surface area contributed by atoms with Crippen molar-refractivity contribution in [3.63, 3.8) is 0 Å². The van der Waals surface area contributed by atoms with Gasteiger partial charge in [-0.3, -0.25) is 9.00 Å². The second-order valence-corrected chi connectivity index (χ2v) is 5.17. The third kappa shape index (κ3) is 3.62. The molecule has 0 bridgehead atoms. The Labute approximate surface area is 113 Å². The molecule has 6 heteroatoms. The molecule has 98 valence electrons. The Morgan fingerprint density at radius 3 is 2.63 bits per heavy atom. The van der Waals surface area contributed by atoms with Gasteiger partial charge in [0.2, 0.25) is 5.91 Å². The predicted octanol–water partition coefficient (Wildman–Crippen LogP) is 1.41. The van der Waals surface area contributed by atoms with Crippen molar-refractivity contribution in [1.82, 2.24) is 4.98 Å². The third-order valence-electron chi connectivity index (χ3n) is 2.34. The molecule has 0 spiro atoms. The van der Waals surface area contributed by atoms with Gasteiger partial charge in [-0.25, -0.2) is 4.98 Å². The lowest BCUT2D eigenvalue weighted by atomic mass is 10.3. The Bertz CT molecular complexity index is 602. The van der Waals surface area contributed by atoms with E-state index < -0.39 is 10.8 Å². The van der Waals surface area contributed by atoms with Gasteiger partial charge in [-0.15, -0.1) is 0 Å². The van der Waals surface area contributed by atoms with Crippen LogP contribution in [0.4, 0.5) is 11.4 Å². The fraction of sp³-hybridized carbons (Fsp3) is 0.0769. The number of amides is 1. The van der Waals surface area contributed by atoms with Crippen LogP contribution in [0.15, 0.2) is 53.7 Å². The van der Waals surface area contributed by atoms with E-state index in [4.69, 9.17) is 5.73 Å². The summed E-state index contributed by atoms with van der Waals surface area (Å²) in [6.45, 7) is 0. The number of benzene rings is 1. The van der Waals surface area contributed by atoms with Crippen LogP contribution in [0, 0.1) is 0 Å². The number of carbonyl (C=O) groups is 1. The lowest BCUT2D eigenvalue weighted by Gasteiger charge is -2.06. The van der Waals surface area contributed by atoms with Gasteiger partial charge < -0.3 is 11.1 Å². The molecule has 1 amide bonds. The summed E-state index contributed by atoms with van der Waals surface area (Å²) in [7, 11) is -1.55. The molecule has 0 aliphatic carbocycles. The van der Waals surface area contributed by atoms with Crippen molar-refractivity contribution in [2.45, 2.75) is 5.03 Å². The number of hydrogen-bond donors (Lipinski definition) is 2. The van der Waals surface area contributed by atoms with Gasteiger partial charge in [-0.2, -0.15) is 0 Å². The highest BCUT2D eigenvalue weighted by atomic mass is 32.2. The number of carbonyl (C=O) groups excluding carboxylic acids is 1. The van der Waals surface area contributed by atoms with Gasteiger partial charge in [0.15, 0.2) is 5.03 Å². The summed E-state index contributed by atoms with van der Waals surface area (Å²) in [5, 5.41) is 2.90. The molecule has 0 aliphatic rings. The molecular weight excluding hydrogens is 262 g/mol. The minimum Gasteiger partial charge on any atom is -0.396 e. The van der Waals surface area contributed by atoms with Crippen molar-refractivity contribution < 1.29 is 9.00 Å². The largest absolute Gasteiger partial charge is 0.396 e. The molecule has 1 heterocycles. The van der Waals surface area contributed by atoms with Gasteiger partial charge in [0.1, 0.15) is 5.75 Å². The molecule has 5 nitrogen and oxygen atoms in total. The van der Waals surface area contributed by atoms with E-state index in [1.165, 1.54) is 6.20 Å². The summed E-state index contributed by atoms with van der Waals surface area (Å²) in [5.74, 6) is -0.509. The molecule has 0 saturated heterocycles. The maximum Gasteiger partial charge on any atom is 0.237 e. The zero-order valence-electron chi connectivity index (χ0n) is 10.1. The lowest BCUT2D eigenvalue weighted by Crippen LogP contribution is -2.20. The van der Waals surface area contributed by atoms with E-state index in [1.807, 2.05) is 18.2 Å². The minimum atomic E-state index is -1.55. The van der Waals surface area contributed by atoms with Crippen LogP contribution in [-0.2, 0) is 15.6 Å². The van der Waals surface area contributed by atoms with Gasteiger partial charge in [0.25, 0.3) is 0 Å². The summed E-state index contributed by atoms with van der Waals surface area (Å²) in [6.07, 6.45) is 1.50. The second kappa shape index (κ2) is 6.10. The van der Waals surface area contributed by atoms with Crippen molar-refractivity contribution >= 4 is 28.1 Å². The van der Waals surface area contributed by atoms with Crippen LogP contribution in [0.1, 0.15) is 0 Å². The third-order valence-corrected chi connectivity index (χ3v) is 3.63. The summed E-state index contributed by atoms with van der Waals surface area (Å²) >= 11 is 0. The van der Waals surface area contributed by atoms with E-state index in [0.29, 0.717) is 11.4 Å². The van der Waals surface area contributed by atoms with Crippen LogP contribution in [0.25, 0.3) is 0 Å². The van der Waals surface area contributed by atoms with Crippen LogP contribution in [0.3, 0.4) is 0 Å². The molecule has 19 heavy (non-hydrogen) atoms. The Morgan fingerprint density at radius 2 is 1.95 bits per heavy atom. The number of nitrogens with one attached hydrogen (secondary N) is 1. The average molecular weight is 275 g/mol. The first-order valence-electron chi connectivity index (χ1n) is 5.60. The van der Waals surface area contributed by atoms with E-state index in [-0.39, 0.29) is 16.7 Å². The van der Waals surface area contributed by atoms with Crippen LogP contribution >= 0.6 is 0 Å². The summed E-state index contributed by atoms with van der Waals surface area (Å²) < 4.78 is 12.0. The zero-order valence-corrected chi connectivity index (χ0v) is 10.9. The van der Waals surface area contributed by atoms with Gasteiger partial charge in [0.05, 0.1) is 16.5 Å². The monoisotopic (exact) mass is 275 g/mol.